The summed E-state index contributed by atoms with van der Waals surface area (Å²) in [7, 11) is 0. The number of nitrogens with zero attached hydrogens (tertiary/aromatic N) is 1. The molecule has 1 amide bonds. The van der Waals surface area contributed by atoms with Gasteiger partial charge in [0.05, 0.1) is 5.69 Å². The highest BCUT2D eigenvalue weighted by atomic mass is 16.2. The van der Waals surface area contributed by atoms with Gasteiger partial charge in [0, 0.05) is 17.9 Å². The second-order valence-corrected chi connectivity index (χ2v) is 8.21. The minimum atomic E-state index is -0.409. The number of hydrogen-bond donors (Lipinski definition) is 2. The van der Waals surface area contributed by atoms with Crippen LogP contribution in [0.4, 0.5) is 0 Å². The lowest BCUT2D eigenvalue weighted by molar-refractivity contribution is 0.0949. The van der Waals surface area contributed by atoms with E-state index >= 15 is 0 Å². The van der Waals surface area contributed by atoms with Crippen LogP contribution in [0, 0.1) is 6.92 Å². The molecule has 0 aliphatic carbocycles. The molecule has 0 spiro atoms. The summed E-state index contributed by atoms with van der Waals surface area (Å²) in [5.74, 6) is 0.152. The molecule has 3 rings (SSSR count). The minimum Gasteiger partial charge on any atom is -0.351 e. The van der Waals surface area contributed by atoms with Gasteiger partial charge in [-0.15, -0.1) is 0 Å². The van der Waals surface area contributed by atoms with Crippen LogP contribution in [-0.2, 0) is 5.41 Å². The monoisotopic (exact) mass is 389 g/mol. The van der Waals surface area contributed by atoms with Crippen LogP contribution in [0.3, 0.4) is 0 Å². The van der Waals surface area contributed by atoms with E-state index in [4.69, 9.17) is 0 Å². The van der Waals surface area contributed by atoms with E-state index < -0.39 is 11.5 Å². The number of aromatic nitrogens is 2. The number of rotatable bonds is 5. The van der Waals surface area contributed by atoms with Crippen molar-refractivity contribution in [2.24, 2.45) is 0 Å². The average Bonchev–Trinajstić information content (AvgIpc) is 2.68. The average molecular weight is 389 g/mol. The van der Waals surface area contributed by atoms with E-state index in [1.54, 1.807) is 6.92 Å². The topological polar surface area (TPSA) is 74.8 Å². The Labute approximate surface area is 171 Å². The largest absolute Gasteiger partial charge is 0.351 e. The van der Waals surface area contributed by atoms with Crippen molar-refractivity contribution in [3.8, 4) is 0 Å². The SMILES string of the molecule is Cc1nc(C(C)(C)C)[nH]c(=O)c1C(=O)NCC(c1ccccc1)c1ccccc1. The number of amides is 1. The van der Waals surface area contributed by atoms with Crippen LogP contribution in [0.5, 0.6) is 0 Å². The Morgan fingerprint density at radius 1 is 1.00 bits per heavy atom. The van der Waals surface area contributed by atoms with Crippen molar-refractivity contribution in [3.05, 3.63) is 99.2 Å². The molecule has 2 aromatic carbocycles. The molecule has 29 heavy (non-hydrogen) atoms. The second kappa shape index (κ2) is 8.43. The van der Waals surface area contributed by atoms with Crippen molar-refractivity contribution in [1.82, 2.24) is 15.3 Å². The molecule has 0 atom stereocenters. The summed E-state index contributed by atoms with van der Waals surface area (Å²) >= 11 is 0. The van der Waals surface area contributed by atoms with Crippen LogP contribution in [-0.4, -0.2) is 22.4 Å². The van der Waals surface area contributed by atoms with Gasteiger partial charge in [-0.1, -0.05) is 81.4 Å². The molecule has 5 heteroatoms. The molecule has 3 aromatic rings. The van der Waals surface area contributed by atoms with Gasteiger partial charge in [-0.05, 0) is 18.1 Å². The summed E-state index contributed by atoms with van der Waals surface area (Å²) in [5.41, 5.74) is 2.00. The number of carbonyl (C=O) groups is 1. The Morgan fingerprint density at radius 2 is 1.52 bits per heavy atom. The van der Waals surface area contributed by atoms with Crippen LogP contribution < -0.4 is 10.9 Å². The van der Waals surface area contributed by atoms with Gasteiger partial charge in [-0.25, -0.2) is 4.98 Å². The molecular weight excluding hydrogens is 362 g/mol. The third-order valence-electron chi connectivity index (χ3n) is 4.91. The molecule has 0 bridgehead atoms. The summed E-state index contributed by atoms with van der Waals surface area (Å²) in [6.07, 6.45) is 0. The minimum absolute atomic E-state index is 0.0115. The van der Waals surface area contributed by atoms with Gasteiger partial charge < -0.3 is 10.3 Å². The maximum Gasteiger partial charge on any atom is 0.264 e. The summed E-state index contributed by atoms with van der Waals surface area (Å²) < 4.78 is 0. The predicted molar refractivity (Wildman–Crippen MR) is 115 cm³/mol. The van der Waals surface area contributed by atoms with Crippen LogP contribution in [0.2, 0.25) is 0 Å². The number of nitrogens with one attached hydrogen (secondary N) is 2. The first-order valence-electron chi connectivity index (χ1n) is 9.77. The molecule has 0 unspecified atom stereocenters. The molecule has 0 saturated heterocycles. The lowest BCUT2D eigenvalue weighted by Gasteiger charge is -2.20. The van der Waals surface area contributed by atoms with E-state index in [1.807, 2.05) is 81.4 Å². The van der Waals surface area contributed by atoms with E-state index in [-0.39, 0.29) is 16.9 Å². The molecular formula is C24H27N3O2. The Kier molecular flexibility index (Phi) is 5.97. The van der Waals surface area contributed by atoms with Crippen molar-refractivity contribution in [3.63, 3.8) is 0 Å². The molecule has 0 fully saturated rings. The van der Waals surface area contributed by atoms with Gasteiger partial charge in [0.15, 0.2) is 0 Å². The molecule has 0 radical (unpaired) electrons. The molecule has 0 aliphatic heterocycles. The first-order chi connectivity index (χ1) is 13.8. The number of H-pyrrole nitrogens is 1. The van der Waals surface area contributed by atoms with Gasteiger partial charge in [-0.2, -0.15) is 0 Å². The quantitative estimate of drug-likeness (QED) is 0.694. The molecule has 1 aromatic heterocycles. The zero-order valence-corrected chi connectivity index (χ0v) is 17.3. The highest BCUT2D eigenvalue weighted by Gasteiger charge is 2.23. The van der Waals surface area contributed by atoms with Crippen LogP contribution >= 0.6 is 0 Å². The molecule has 150 valence electrons. The van der Waals surface area contributed by atoms with E-state index in [1.165, 1.54) is 0 Å². The van der Waals surface area contributed by atoms with Crippen molar-refractivity contribution in [1.29, 1.82) is 0 Å². The first kappa shape index (κ1) is 20.5. The summed E-state index contributed by atoms with van der Waals surface area (Å²) in [4.78, 5) is 32.6. The Bertz CT molecular complexity index is 996. The fourth-order valence-corrected chi connectivity index (χ4v) is 3.29. The zero-order chi connectivity index (χ0) is 21.0. The summed E-state index contributed by atoms with van der Waals surface area (Å²) in [6, 6.07) is 20.0. The summed E-state index contributed by atoms with van der Waals surface area (Å²) in [5, 5.41) is 2.94. The maximum atomic E-state index is 12.8. The van der Waals surface area contributed by atoms with Crippen molar-refractivity contribution in [2.75, 3.05) is 6.54 Å². The van der Waals surface area contributed by atoms with Gasteiger partial charge >= 0.3 is 0 Å². The summed E-state index contributed by atoms with van der Waals surface area (Å²) in [6.45, 7) is 7.98. The number of hydrogen-bond acceptors (Lipinski definition) is 3. The highest BCUT2D eigenvalue weighted by Crippen LogP contribution is 2.24. The standard InChI is InChI=1S/C24H27N3O2/c1-16-20(22(29)27-23(26-16)24(2,3)4)21(28)25-15-19(17-11-7-5-8-12-17)18-13-9-6-10-14-18/h5-14,19H,15H2,1-4H3,(H,25,28)(H,26,27,29). The van der Waals surface area contributed by atoms with Gasteiger partial charge in [0.25, 0.3) is 11.5 Å². The number of benzene rings is 2. The zero-order valence-electron chi connectivity index (χ0n) is 17.3. The van der Waals surface area contributed by atoms with Gasteiger partial charge in [0.1, 0.15) is 11.4 Å². The molecule has 0 aliphatic rings. The van der Waals surface area contributed by atoms with Crippen molar-refractivity contribution < 1.29 is 4.79 Å². The lowest BCUT2D eigenvalue weighted by Crippen LogP contribution is -2.35. The van der Waals surface area contributed by atoms with Crippen molar-refractivity contribution >= 4 is 5.91 Å². The first-order valence-corrected chi connectivity index (χ1v) is 9.77. The van der Waals surface area contributed by atoms with Crippen molar-refractivity contribution in [2.45, 2.75) is 39.0 Å². The normalized spacial score (nSPS) is 11.5. The van der Waals surface area contributed by atoms with E-state index in [9.17, 15) is 9.59 Å². The second-order valence-electron chi connectivity index (χ2n) is 8.21. The molecule has 5 nitrogen and oxygen atoms in total. The fraction of sp³-hybridized carbons (Fsp3) is 0.292. The van der Waals surface area contributed by atoms with E-state index in [0.29, 0.717) is 18.1 Å². The third kappa shape index (κ3) is 4.80. The lowest BCUT2D eigenvalue weighted by atomic mass is 9.91. The number of aryl methyl sites for hydroxylation is 1. The smallest absolute Gasteiger partial charge is 0.264 e. The van der Waals surface area contributed by atoms with E-state index in [0.717, 1.165) is 11.1 Å². The fourth-order valence-electron chi connectivity index (χ4n) is 3.29. The number of aromatic amines is 1. The van der Waals surface area contributed by atoms with Crippen LogP contribution in [0.15, 0.2) is 65.5 Å². The van der Waals surface area contributed by atoms with Gasteiger partial charge in [-0.3, -0.25) is 9.59 Å². The Morgan fingerprint density at radius 3 is 1.97 bits per heavy atom. The number of carbonyl (C=O) groups excluding carboxylic acids is 1. The van der Waals surface area contributed by atoms with Gasteiger partial charge in [0.2, 0.25) is 0 Å². The third-order valence-corrected chi connectivity index (χ3v) is 4.91. The Balaban J connectivity index is 1.86. The van der Waals surface area contributed by atoms with Crippen LogP contribution in [0.25, 0.3) is 0 Å². The Hall–Kier alpha value is -3.21. The molecule has 1 heterocycles. The van der Waals surface area contributed by atoms with E-state index in [2.05, 4.69) is 15.3 Å². The molecule has 0 saturated carbocycles. The highest BCUT2D eigenvalue weighted by molar-refractivity contribution is 5.94. The molecule has 2 N–H and O–H groups in total. The maximum absolute atomic E-state index is 12.8. The predicted octanol–water partition coefficient (Wildman–Crippen LogP) is 3.94. The van der Waals surface area contributed by atoms with Crippen LogP contribution in [0.1, 0.15) is 59.7 Å².